The fourth-order valence-electron chi connectivity index (χ4n) is 1.56. The zero-order valence-corrected chi connectivity index (χ0v) is 11.9. The summed E-state index contributed by atoms with van der Waals surface area (Å²) in [4.78, 5) is 0. The summed E-state index contributed by atoms with van der Waals surface area (Å²) in [6.07, 6.45) is 0. The Labute approximate surface area is 113 Å². The Hall–Kier alpha value is -0.710. The van der Waals surface area contributed by atoms with Crippen molar-refractivity contribution >= 4 is 27.3 Å². The third-order valence-electron chi connectivity index (χ3n) is 2.61. The molecule has 1 aromatic carbocycles. The first-order valence-electron chi connectivity index (χ1n) is 5.33. The van der Waals surface area contributed by atoms with E-state index in [4.69, 9.17) is 0 Å². The van der Waals surface area contributed by atoms with Crippen LogP contribution in [0.3, 0.4) is 0 Å². The summed E-state index contributed by atoms with van der Waals surface area (Å²) < 4.78 is 13.7. The third-order valence-corrected chi connectivity index (χ3v) is 4.26. The van der Waals surface area contributed by atoms with Crippen molar-refractivity contribution in [1.82, 2.24) is 5.32 Å². The van der Waals surface area contributed by atoms with Crippen LogP contribution in [0.5, 0.6) is 0 Å². The van der Waals surface area contributed by atoms with Gasteiger partial charge >= 0.3 is 0 Å². The number of hydrogen-bond donors (Lipinski definition) is 1. The van der Waals surface area contributed by atoms with Crippen LogP contribution in [0.1, 0.15) is 16.7 Å². The molecule has 2 aromatic rings. The molecular weight excluding hydrogens is 301 g/mol. The first kappa shape index (κ1) is 12.7. The van der Waals surface area contributed by atoms with Gasteiger partial charge in [-0.25, -0.2) is 4.39 Å². The van der Waals surface area contributed by atoms with Gasteiger partial charge in [0.1, 0.15) is 5.82 Å². The molecule has 0 saturated carbocycles. The van der Waals surface area contributed by atoms with Gasteiger partial charge in [0.15, 0.2) is 0 Å². The maximum atomic E-state index is 12.9. The molecule has 0 amide bonds. The van der Waals surface area contributed by atoms with E-state index in [2.05, 4.69) is 38.9 Å². The fraction of sp³-hybridized carbons (Fsp3) is 0.231. The normalized spacial score (nSPS) is 10.8. The topological polar surface area (TPSA) is 12.0 Å². The first-order chi connectivity index (χ1) is 8.16. The molecule has 1 aromatic heterocycles. The minimum atomic E-state index is -0.214. The Morgan fingerprint density at radius 3 is 2.65 bits per heavy atom. The van der Waals surface area contributed by atoms with Crippen molar-refractivity contribution in [3.05, 3.63) is 55.9 Å². The van der Waals surface area contributed by atoms with Crippen molar-refractivity contribution < 1.29 is 4.39 Å². The predicted molar refractivity (Wildman–Crippen MR) is 73.7 cm³/mol. The molecule has 0 aliphatic rings. The molecule has 17 heavy (non-hydrogen) atoms. The molecule has 0 aliphatic carbocycles. The average Bonchev–Trinajstić information content (AvgIpc) is 2.68. The van der Waals surface area contributed by atoms with E-state index >= 15 is 0 Å². The summed E-state index contributed by atoms with van der Waals surface area (Å²) in [5.74, 6) is -0.214. The lowest BCUT2D eigenvalue weighted by Crippen LogP contribution is -2.13. The highest BCUT2D eigenvalue weighted by molar-refractivity contribution is 9.10. The molecule has 1 N–H and O–H groups in total. The van der Waals surface area contributed by atoms with E-state index in [-0.39, 0.29) is 5.82 Å². The summed E-state index contributed by atoms with van der Waals surface area (Å²) in [6.45, 7) is 3.69. The highest BCUT2D eigenvalue weighted by Gasteiger charge is 2.02. The Morgan fingerprint density at radius 2 is 2.00 bits per heavy atom. The van der Waals surface area contributed by atoms with E-state index in [0.29, 0.717) is 0 Å². The molecule has 0 aliphatic heterocycles. The van der Waals surface area contributed by atoms with Gasteiger partial charge in [-0.2, -0.15) is 11.3 Å². The Kier molecular flexibility index (Phi) is 4.31. The molecule has 0 bridgehead atoms. The summed E-state index contributed by atoms with van der Waals surface area (Å²) in [7, 11) is 0. The van der Waals surface area contributed by atoms with Gasteiger partial charge in [0.25, 0.3) is 0 Å². The molecule has 90 valence electrons. The van der Waals surface area contributed by atoms with Gasteiger partial charge in [-0.15, -0.1) is 0 Å². The quantitative estimate of drug-likeness (QED) is 0.890. The number of hydrogen-bond acceptors (Lipinski definition) is 2. The molecule has 0 fully saturated rings. The number of nitrogens with one attached hydrogen (secondary N) is 1. The maximum absolute atomic E-state index is 12.9. The second-order valence-electron chi connectivity index (χ2n) is 3.92. The Bertz CT molecular complexity index is 510. The van der Waals surface area contributed by atoms with E-state index < -0.39 is 0 Å². The minimum Gasteiger partial charge on any atom is -0.309 e. The van der Waals surface area contributed by atoms with Crippen LogP contribution >= 0.6 is 27.3 Å². The number of benzene rings is 1. The van der Waals surface area contributed by atoms with Crippen molar-refractivity contribution in [2.75, 3.05) is 0 Å². The standard InChI is InChI=1S/C13H13BrFNS/c1-9-7-17-8-11(9)6-16-5-10-2-3-12(15)4-13(10)14/h2-4,7-8,16H,5-6H2,1H3. The molecule has 0 radical (unpaired) electrons. The van der Waals surface area contributed by atoms with Gasteiger partial charge in [0.05, 0.1) is 0 Å². The summed E-state index contributed by atoms with van der Waals surface area (Å²) in [5, 5.41) is 7.66. The van der Waals surface area contributed by atoms with Gasteiger partial charge in [-0.1, -0.05) is 22.0 Å². The van der Waals surface area contributed by atoms with E-state index in [0.717, 1.165) is 23.1 Å². The SMILES string of the molecule is Cc1cscc1CNCc1ccc(F)cc1Br. The maximum Gasteiger partial charge on any atom is 0.124 e. The number of thiophene rings is 1. The van der Waals surface area contributed by atoms with Gasteiger partial charge in [-0.3, -0.25) is 0 Å². The predicted octanol–water partition coefficient (Wildman–Crippen LogP) is 4.25. The van der Waals surface area contributed by atoms with Crippen LogP contribution in [0.4, 0.5) is 4.39 Å². The monoisotopic (exact) mass is 313 g/mol. The lowest BCUT2D eigenvalue weighted by atomic mass is 10.2. The molecule has 0 spiro atoms. The number of halogens is 2. The van der Waals surface area contributed by atoms with Crippen LogP contribution in [0, 0.1) is 12.7 Å². The fourth-order valence-corrected chi connectivity index (χ4v) is 2.91. The lowest BCUT2D eigenvalue weighted by Gasteiger charge is -2.07. The molecular formula is C13H13BrFNS. The number of aryl methyl sites for hydroxylation is 1. The summed E-state index contributed by atoms with van der Waals surface area (Å²) in [6, 6.07) is 4.78. The highest BCUT2D eigenvalue weighted by Crippen LogP contribution is 2.18. The summed E-state index contributed by atoms with van der Waals surface area (Å²) >= 11 is 5.08. The number of rotatable bonds is 4. The molecule has 0 atom stereocenters. The average molecular weight is 314 g/mol. The minimum absolute atomic E-state index is 0.214. The zero-order chi connectivity index (χ0) is 12.3. The van der Waals surface area contributed by atoms with Crippen LogP contribution < -0.4 is 5.32 Å². The van der Waals surface area contributed by atoms with Crippen molar-refractivity contribution in [2.24, 2.45) is 0 Å². The van der Waals surface area contributed by atoms with Gasteiger partial charge in [0, 0.05) is 17.6 Å². The molecule has 0 unspecified atom stereocenters. The van der Waals surface area contributed by atoms with Crippen LogP contribution in [-0.2, 0) is 13.1 Å². The molecule has 1 nitrogen and oxygen atoms in total. The molecule has 4 heteroatoms. The molecule has 2 rings (SSSR count). The molecule has 1 heterocycles. The van der Waals surface area contributed by atoms with Crippen molar-refractivity contribution in [1.29, 1.82) is 0 Å². The third kappa shape index (κ3) is 3.37. The zero-order valence-electron chi connectivity index (χ0n) is 9.47. The van der Waals surface area contributed by atoms with Gasteiger partial charge in [0.2, 0.25) is 0 Å². The highest BCUT2D eigenvalue weighted by atomic mass is 79.9. The van der Waals surface area contributed by atoms with Crippen LogP contribution in [0.15, 0.2) is 33.4 Å². The van der Waals surface area contributed by atoms with E-state index in [1.807, 2.05) is 0 Å². The summed E-state index contributed by atoms with van der Waals surface area (Å²) in [5.41, 5.74) is 3.72. The smallest absolute Gasteiger partial charge is 0.124 e. The van der Waals surface area contributed by atoms with E-state index in [9.17, 15) is 4.39 Å². The van der Waals surface area contributed by atoms with Crippen molar-refractivity contribution in [3.8, 4) is 0 Å². The van der Waals surface area contributed by atoms with Gasteiger partial charge in [-0.05, 0) is 46.5 Å². The van der Waals surface area contributed by atoms with Crippen molar-refractivity contribution in [2.45, 2.75) is 20.0 Å². The Balaban J connectivity index is 1.92. The van der Waals surface area contributed by atoms with Crippen molar-refractivity contribution in [3.63, 3.8) is 0 Å². The van der Waals surface area contributed by atoms with Crippen LogP contribution in [-0.4, -0.2) is 0 Å². The van der Waals surface area contributed by atoms with Crippen LogP contribution in [0.25, 0.3) is 0 Å². The largest absolute Gasteiger partial charge is 0.309 e. The second kappa shape index (κ2) is 5.76. The van der Waals surface area contributed by atoms with Crippen LogP contribution in [0.2, 0.25) is 0 Å². The first-order valence-corrected chi connectivity index (χ1v) is 7.06. The van der Waals surface area contributed by atoms with E-state index in [1.54, 1.807) is 17.4 Å². The van der Waals surface area contributed by atoms with E-state index in [1.165, 1.54) is 23.3 Å². The Morgan fingerprint density at radius 1 is 1.24 bits per heavy atom. The van der Waals surface area contributed by atoms with Gasteiger partial charge < -0.3 is 5.32 Å². The lowest BCUT2D eigenvalue weighted by molar-refractivity contribution is 0.623. The molecule has 0 saturated heterocycles. The second-order valence-corrected chi connectivity index (χ2v) is 5.52.